The van der Waals surface area contributed by atoms with Crippen molar-refractivity contribution in [3.63, 3.8) is 0 Å². The van der Waals surface area contributed by atoms with Gasteiger partial charge in [-0.15, -0.1) is 0 Å². The van der Waals surface area contributed by atoms with Crippen LogP contribution < -0.4 is 15.5 Å². The Bertz CT molecular complexity index is 707. The Morgan fingerprint density at radius 1 is 0.840 bits per heavy atom. The summed E-state index contributed by atoms with van der Waals surface area (Å²) < 4.78 is 0. The van der Waals surface area contributed by atoms with Crippen molar-refractivity contribution in [1.82, 2.24) is 10.6 Å². The molecule has 0 aromatic heterocycles. The molecule has 5 heteroatoms. The highest BCUT2D eigenvalue weighted by atomic mass is 16.2. The first-order valence-electron chi connectivity index (χ1n) is 8.33. The molecule has 0 bridgehead atoms. The fraction of sp³-hybridized carbons (Fsp3) is 0.300. The van der Waals surface area contributed by atoms with Crippen molar-refractivity contribution in [2.75, 3.05) is 25.5 Å². The van der Waals surface area contributed by atoms with E-state index in [2.05, 4.69) is 10.6 Å². The molecule has 0 atom stereocenters. The lowest BCUT2D eigenvalue weighted by Crippen LogP contribution is -2.40. The van der Waals surface area contributed by atoms with Gasteiger partial charge in [0.05, 0.1) is 0 Å². The number of carbonyl (C=O) groups is 2. The van der Waals surface area contributed by atoms with Gasteiger partial charge in [0.15, 0.2) is 0 Å². The Hall–Kier alpha value is -2.82. The first kappa shape index (κ1) is 18.5. The van der Waals surface area contributed by atoms with Crippen LogP contribution in [0.2, 0.25) is 0 Å². The lowest BCUT2D eigenvalue weighted by Gasteiger charge is -2.12. The van der Waals surface area contributed by atoms with Crippen molar-refractivity contribution in [1.29, 1.82) is 0 Å². The van der Waals surface area contributed by atoms with E-state index in [1.165, 1.54) is 0 Å². The molecule has 0 aliphatic heterocycles. The molecule has 2 aromatic rings. The van der Waals surface area contributed by atoms with E-state index < -0.39 is 11.8 Å². The fourth-order valence-corrected chi connectivity index (χ4v) is 2.33. The summed E-state index contributed by atoms with van der Waals surface area (Å²) in [6.45, 7) is 2.78. The van der Waals surface area contributed by atoms with Crippen LogP contribution in [0.4, 0.5) is 5.69 Å². The minimum atomic E-state index is -0.608. The summed E-state index contributed by atoms with van der Waals surface area (Å²) in [5.74, 6) is -1.21. The van der Waals surface area contributed by atoms with E-state index in [0.717, 1.165) is 22.4 Å². The second-order valence-corrected chi connectivity index (χ2v) is 6.24. The van der Waals surface area contributed by atoms with Gasteiger partial charge in [-0.2, -0.15) is 0 Å². The van der Waals surface area contributed by atoms with Crippen LogP contribution in [0.25, 0.3) is 0 Å². The second kappa shape index (κ2) is 8.87. The molecule has 0 heterocycles. The molecule has 25 heavy (non-hydrogen) atoms. The minimum Gasteiger partial charge on any atom is -0.378 e. The summed E-state index contributed by atoms with van der Waals surface area (Å²) in [6, 6.07) is 15.9. The van der Waals surface area contributed by atoms with Crippen LogP contribution in [0.3, 0.4) is 0 Å². The number of nitrogens with zero attached hydrogens (tertiary/aromatic N) is 1. The van der Waals surface area contributed by atoms with Crippen LogP contribution >= 0.6 is 0 Å². The highest BCUT2D eigenvalue weighted by Crippen LogP contribution is 2.12. The number of benzene rings is 2. The van der Waals surface area contributed by atoms with E-state index in [4.69, 9.17) is 0 Å². The summed E-state index contributed by atoms with van der Waals surface area (Å²) in [4.78, 5) is 25.7. The zero-order valence-corrected chi connectivity index (χ0v) is 15.0. The van der Waals surface area contributed by atoms with E-state index in [9.17, 15) is 9.59 Å². The molecule has 132 valence electrons. The Morgan fingerprint density at radius 2 is 1.40 bits per heavy atom. The first-order valence-corrected chi connectivity index (χ1v) is 8.33. The largest absolute Gasteiger partial charge is 0.378 e. The van der Waals surface area contributed by atoms with E-state index in [1.807, 2.05) is 74.4 Å². The Morgan fingerprint density at radius 3 is 2.00 bits per heavy atom. The summed E-state index contributed by atoms with van der Waals surface area (Å²) >= 11 is 0. The molecule has 0 saturated carbocycles. The number of hydrogen-bond acceptors (Lipinski definition) is 3. The van der Waals surface area contributed by atoms with Crippen molar-refractivity contribution in [2.45, 2.75) is 19.9 Å². The third-order valence-corrected chi connectivity index (χ3v) is 3.93. The lowest BCUT2D eigenvalue weighted by molar-refractivity contribution is -0.139. The van der Waals surface area contributed by atoms with E-state index in [1.54, 1.807) is 0 Å². The molecule has 0 aliphatic rings. The molecule has 2 amide bonds. The average molecular weight is 339 g/mol. The fourth-order valence-electron chi connectivity index (χ4n) is 2.33. The molecule has 2 rings (SSSR count). The Balaban J connectivity index is 1.72. The number of aryl methyl sites for hydroxylation is 1. The van der Waals surface area contributed by atoms with Crippen LogP contribution in [-0.2, 0) is 22.6 Å². The number of amides is 2. The first-order chi connectivity index (χ1) is 12.0. The van der Waals surface area contributed by atoms with E-state index in [-0.39, 0.29) is 0 Å². The van der Waals surface area contributed by atoms with Gasteiger partial charge in [-0.3, -0.25) is 9.59 Å². The van der Waals surface area contributed by atoms with Crippen molar-refractivity contribution >= 4 is 17.5 Å². The molecule has 0 aliphatic carbocycles. The van der Waals surface area contributed by atoms with Gasteiger partial charge in [-0.25, -0.2) is 0 Å². The zero-order valence-electron chi connectivity index (χ0n) is 15.0. The lowest BCUT2D eigenvalue weighted by atomic mass is 10.1. The maximum absolute atomic E-state index is 11.8. The summed E-state index contributed by atoms with van der Waals surface area (Å²) in [5.41, 5.74) is 4.37. The van der Waals surface area contributed by atoms with Gasteiger partial charge in [-0.05, 0) is 36.6 Å². The molecule has 0 spiro atoms. The molecule has 0 radical (unpaired) electrons. The quantitative estimate of drug-likeness (QED) is 0.792. The van der Waals surface area contributed by atoms with Crippen molar-refractivity contribution in [2.24, 2.45) is 0 Å². The highest BCUT2D eigenvalue weighted by Gasteiger charge is 2.12. The van der Waals surface area contributed by atoms with Crippen molar-refractivity contribution in [3.05, 3.63) is 65.2 Å². The van der Waals surface area contributed by atoms with E-state index in [0.29, 0.717) is 19.5 Å². The van der Waals surface area contributed by atoms with Gasteiger partial charge < -0.3 is 15.5 Å². The maximum Gasteiger partial charge on any atom is 0.309 e. The van der Waals surface area contributed by atoms with Crippen LogP contribution in [0, 0.1) is 6.92 Å². The van der Waals surface area contributed by atoms with Gasteiger partial charge in [0.1, 0.15) is 0 Å². The van der Waals surface area contributed by atoms with Gasteiger partial charge in [-0.1, -0.05) is 42.0 Å². The predicted octanol–water partition coefficient (Wildman–Crippen LogP) is 2.04. The number of rotatable bonds is 6. The topological polar surface area (TPSA) is 61.4 Å². The zero-order chi connectivity index (χ0) is 18.2. The van der Waals surface area contributed by atoms with Gasteiger partial charge in [0.25, 0.3) is 0 Å². The van der Waals surface area contributed by atoms with Crippen LogP contribution in [0.5, 0.6) is 0 Å². The van der Waals surface area contributed by atoms with Gasteiger partial charge >= 0.3 is 11.8 Å². The van der Waals surface area contributed by atoms with Crippen molar-refractivity contribution < 1.29 is 9.59 Å². The summed E-state index contributed by atoms with van der Waals surface area (Å²) in [6.07, 6.45) is 0.685. The van der Waals surface area contributed by atoms with Crippen LogP contribution in [0.1, 0.15) is 16.7 Å². The molecule has 0 saturated heterocycles. The van der Waals surface area contributed by atoms with Gasteiger partial charge in [0.2, 0.25) is 0 Å². The molecular formula is C20H25N3O2. The Labute approximate surface area is 149 Å². The third-order valence-electron chi connectivity index (χ3n) is 3.93. The molecule has 2 aromatic carbocycles. The number of nitrogens with one attached hydrogen (secondary N) is 2. The monoisotopic (exact) mass is 339 g/mol. The highest BCUT2D eigenvalue weighted by molar-refractivity contribution is 6.35. The summed E-state index contributed by atoms with van der Waals surface area (Å²) in [5, 5.41) is 5.28. The predicted molar refractivity (Wildman–Crippen MR) is 101 cm³/mol. The molecule has 5 nitrogen and oxygen atoms in total. The van der Waals surface area contributed by atoms with E-state index >= 15 is 0 Å². The maximum atomic E-state index is 11.8. The average Bonchev–Trinajstić information content (AvgIpc) is 2.61. The third kappa shape index (κ3) is 5.95. The number of hydrogen-bond donors (Lipinski definition) is 2. The standard InChI is InChI=1S/C20H25N3O2/c1-15-4-6-17(7-5-15)14-22-20(25)19(24)21-13-12-16-8-10-18(11-9-16)23(2)3/h4-11H,12-14H2,1-3H3,(H,21,24)(H,22,25). The number of anilines is 1. The van der Waals surface area contributed by atoms with Crippen LogP contribution in [0.15, 0.2) is 48.5 Å². The molecular weight excluding hydrogens is 314 g/mol. The normalized spacial score (nSPS) is 10.2. The number of carbonyl (C=O) groups excluding carboxylic acids is 2. The summed E-state index contributed by atoms with van der Waals surface area (Å²) in [7, 11) is 3.98. The second-order valence-electron chi connectivity index (χ2n) is 6.24. The van der Waals surface area contributed by atoms with Gasteiger partial charge in [0, 0.05) is 32.9 Å². The molecule has 2 N–H and O–H groups in total. The molecule has 0 fully saturated rings. The Kier molecular flexibility index (Phi) is 6.57. The van der Waals surface area contributed by atoms with Crippen molar-refractivity contribution in [3.8, 4) is 0 Å². The minimum absolute atomic E-state index is 0.346. The molecule has 0 unspecified atom stereocenters. The SMILES string of the molecule is Cc1ccc(CNC(=O)C(=O)NCCc2ccc(N(C)C)cc2)cc1. The van der Waals surface area contributed by atoms with Crippen LogP contribution in [-0.4, -0.2) is 32.5 Å². The smallest absolute Gasteiger partial charge is 0.309 e.